The van der Waals surface area contributed by atoms with Crippen LogP contribution in [0.3, 0.4) is 0 Å². The molecule has 1 atom stereocenters. The first-order chi connectivity index (χ1) is 17.2. The van der Waals surface area contributed by atoms with Gasteiger partial charge in [-0.1, -0.05) is 59.6 Å². The maximum atomic E-state index is 13.9. The van der Waals surface area contributed by atoms with Gasteiger partial charge in [-0.2, -0.15) is 4.31 Å². The van der Waals surface area contributed by atoms with Crippen molar-refractivity contribution in [2.45, 2.75) is 11.0 Å². The Kier molecular flexibility index (Phi) is 8.49. The van der Waals surface area contributed by atoms with Gasteiger partial charge in [-0.15, -0.1) is 0 Å². The summed E-state index contributed by atoms with van der Waals surface area (Å²) in [6.45, 7) is 2.09. The number of benzene rings is 3. The Bertz CT molecular complexity index is 1320. The number of rotatable bonds is 8. The van der Waals surface area contributed by atoms with Crippen LogP contribution in [0.2, 0.25) is 10.0 Å². The molecule has 3 aromatic rings. The average Bonchev–Trinajstić information content (AvgIpc) is 2.86. The Labute approximate surface area is 218 Å². The standard InChI is InChI=1S/C25H24Cl2F2N2O4S/c26-19-15-20(27)24(32)23(16-19)36(33,34)31-10-8-30(9-11-31)12-13-35-25(17-4-2-1-3-5-17)18-6-7-21(28)22(29)14-18/h1-7,14-16,25,32H,8-13H2. The van der Waals surface area contributed by atoms with E-state index in [1.54, 1.807) is 0 Å². The molecule has 0 aromatic heterocycles. The first-order valence-corrected chi connectivity index (χ1v) is 13.4. The lowest BCUT2D eigenvalue weighted by Crippen LogP contribution is -2.49. The predicted octanol–water partition coefficient (Wildman–Crippen LogP) is 5.09. The van der Waals surface area contributed by atoms with Crippen LogP contribution in [0.25, 0.3) is 0 Å². The first-order valence-electron chi connectivity index (χ1n) is 11.2. The predicted molar refractivity (Wildman–Crippen MR) is 134 cm³/mol. The number of ether oxygens (including phenoxy) is 1. The smallest absolute Gasteiger partial charge is 0.246 e. The average molecular weight is 557 g/mol. The van der Waals surface area contributed by atoms with Crippen LogP contribution in [0.15, 0.2) is 65.6 Å². The Morgan fingerprint density at radius 3 is 2.28 bits per heavy atom. The van der Waals surface area contributed by atoms with E-state index in [-0.39, 0.29) is 34.6 Å². The van der Waals surface area contributed by atoms with Crippen molar-refractivity contribution in [2.75, 3.05) is 39.3 Å². The SMILES string of the molecule is O=S(=O)(c1cc(Cl)cc(Cl)c1O)N1CCN(CCOC(c2ccccc2)c2ccc(F)c(F)c2)CC1. The van der Waals surface area contributed by atoms with E-state index in [0.29, 0.717) is 25.2 Å². The number of piperazine rings is 1. The number of hydrogen-bond donors (Lipinski definition) is 1. The molecule has 1 unspecified atom stereocenters. The third-order valence-electron chi connectivity index (χ3n) is 5.98. The van der Waals surface area contributed by atoms with Crippen LogP contribution in [0, 0.1) is 11.6 Å². The lowest BCUT2D eigenvalue weighted by molar-refractivity contribution is 0.0525. The molecule has 3 aromatic carbocycles. The molecule has 1 saturated heterocycles. The van der Waals surface area contributed by atoms with Gasteiger partial charge >= 0.3 is 0 Å². The van der Waals surface area contributed by atoms with E-state index in [1.807, 2.05) is 35.2 Å². The van der Waals surface area contributed by atoms with Crippen LogP contribution in [0.1, 0.15) is 17.2 Å². The molecule has 0 aliphatic carbocycles. The van der Waals surface area contributed by atoms with Crippen molar-refractivity contribution in [2.24, 2.45) is 0 Å². The molecule has 4 rings (SSSR count). The highest BCUT2D eigenvalue weighted by atomic mass is 35.5. The molecule has 0 spiro atoms. The van der Waals surface area contributed by atoms with Gasteiger partial charge in [0.15, 0.2) is 17.4 Å². The summed E-state index contributed by atoms with van der Waals surface area (Å²) in [6, 6.07) is 15.4. The van der Waals surface area contributed by atoms with Crippen molar-refractivity contribution in [3.05, 3.63) is 93.5 Å². The van der Waals surface area contributed by atoms with Crippen molar-refractivity contribution in [1.82, 2.24) is 9.21 Å². The van der Waals surface area contributed by atoms with Gasteiger partial charge in [0.1, 0.15) is 11.0 Å². The van der Waals surface area contributed by atoms with E-state index in [1.165, 1.54) is 22.5 Å². The lowest BCUT2D eigenvalue weighted by Gasteiger charge is -2.34. The fraction of sp³-hybridized carbons (Fsp3) is 0.280. The van der Waals surface area contributed by atoms with Crippen LogP contribution in [0.4, 0.5) is 8.78 Å². The normalized spacial score (nSPS) is 16.2. The van der Waals surface area contributed by atoms with Crippen LogP contribution in [0.5, 0.6) is 5.75 Å². The zero-order chi connectivity index (χ0) is 25.9. The summed E-state index contributed by atoms with van der Waals surface area (Å²) in [6.07, 6.45) is -0.585. The number of aromatic hydroxyl groups is 1. The second-order valence-electron chi connectivity index (χ2n) is 8.32. The molecular formula is C25H24Cl2F2N2O4S. The topological polar surface area (TPSA) is 70.1 Å². The molecule has 36 heavy (non-hydrogen) atoms. The van der Waals surface area contributed by atoms with Crippen LogP contribution >= 0.6 is 23.2 Å². The molecular weight excluding hydrogens is 533 g/mol. The summed E-state index contributed by atoms with van der Waals surface area (Å²) < 4.78 is 60.8. The molecule has 1 aliphatic heterocycles. The monoisotopic (exact) mass is 556 g/mol. The van der Waals surface area contributed by atoms with Crippen molar-refractivity contribution < 1.29 is 27.0 Å². The quantitative estimate of drug-likeness (QED) is 0.418. The maximum Gasteiger partial charge on any atom is 0.246 e. The van der Waals surface area contributed by atoms with E-state index < -0.39 is 33.5 Å². The van der Waals surface area contributed by atoms with Gasteiger partial charge in [-0.25, -0.2) is 17.2 Å². The third kappa shape index (κ3) is 5.99. The summed E-state index contributed by atoms with van der Waals surface area (Å²) in [4.78, 5) is 1.72. The Hall–Kier alpha value is -2.27. The van der Waals surface area contributed by atoms with E-state index >= 15 is 0 Å². The van der Waals surface area contributed by atoms with Crippen molar-refractivity contribution in [3.63, 3.8) is 0 Å². The van der Waals surface area contributed by atoms with Gasteiger partial charge in [-0.3, -0.25) is 4.90 Å². The van der Waals surface area contributed by atoms with E-state index in [0.717, 1.165) is 17.7 Å². The maximum absolute atomic E-state index is 13.9. The van der Waals surface area contributed by atoms with Gasteiger partial charge in [0.25, 0.3) is 0 Å². The molecule has 1 fully saturated rings. The Balaban J connectivity index is 1.38. The number of nitrogens with zero attached hydrogens (tertiary/aromatic N) is 2. The minimum atomic E-state index is -3.98. The molecule has 0 saturated carbocycles. The van der Waals surface area contributed by atoms with Crippen LogP contribution < -0.4 is 0 Å². The van der Waals surface area contributed by atoms with Crippen molar-refractivity contribution in [1.29, 1.82) is 0 Å². The fourth-order valence-electron chi connectivity index (χ4n) is 4.06. The van der Waals surface area contributed by atoms with Crippen LogP contribution in [-0.4, -0.2) is 62.1 Å². The largest absolute Gasteiger partial charge is 0.505 e. The molecule has 0 amide bonds. The summed E-state index contributed by atoms with van der Waals surface area (Å²) in [5, 5.41) is 10.1. The molecule has 0 radical (unpaired) electrons. The molecule has 6 nitrogen and oxygen atoms in total. The highest BCUT2D eigenvalue weighted by Gasteiger charge is 2.31. The molecule has 1 aliphatic rings. The van der Waals surface area contributed by atoms with Crippen molar-refractivity contribution in [3.8, 4) is 5.75 Å². The van der Waals surface area contributed by atoms with Gasteiger partial charge < -0.3 is 9.84 Å². The summed E-state index contributed by atoms with van der Waals surface area (Å²) in [7, 11) is -3.98. The number of hydrogen-bond acceptors (Lipinski definition) is 5. The van der Waals surface area contributed by atoms with Crippen LogP contribution in [-0.2, 0) is 14.8 Å². The summed E-state index contributed by atoms with van der Waals surface area (Å²) in [5.74, 6) is -2.39. The highest BCUT2D eigenvalue weighted by Crippen LogP contribution is 2.36. The van der Waals surface area contributed by atoms with Crippen molar-refractivity contribution >= 4 is 33.2 Å². The van der Waals surface area contributed by atoms with E-state index in [9.17, 15) is 22.3 Å². The lowest BCUT2D eigenvalue weighted by atomic mass is 10.0. The molecule has 0 bridgehead atoms. The third-order valence-corrected chi connectivity index (χ3v) is 8.40. The number of sulfonamides is 1. The van der Waals surface area contributed by atoms with E-state index in [2.05, 4.69) is 0 Å². The van der Waals surface area contributed by atoms with Gasteiger partial charge in [0.2, 0.25) is 10.0 Å². The van der Waals surface area contributed by atoms with Gasteiger partial charge in [0, 0.05) is 37.7 Å². The van der Waals surface area contributed by atoms with Gasteiger partial charge in [0.05, 0.1) is 11.6 Å². The molecule has 11 heteroatoms. The molecule has 1 heterocycles. The summed E-state index contributed by atoms with van der Waals surface area (Å²) >= 11 is 11.8. The minimum Gasteiger partial charge on any atom is -0.505 e. The minimum absolute atomic E-state index is 0.112. The highest BCUT2D eigenvalue weighted by molar-refractivity contribution is 7.89. The second-order valence-corrected chi connectivity index (χ2v) is 11.1. The Morgan fingerprint density at radius 1 is 0.917 bits per heavy atom. The summed E-state index contributed by atoms with van der Waals surface area (Å²) in [5.41, 5.74) is 1.30. The first kappa shape index (κ1) is 26.8. The van der Waals surface area contributed by atoms with Gasteiger partial charge in [-0.05, 0) is 35.4 Å². The molecule has 192 valence electrons. The zero-order valence-electron chi connectivity index (χ0n) is 19.1. The second kappa shape index (κ2) is 11.4. The molecule has 1 N–H and O–H groups in total. The number of phenols is 1. The fourth-order valence-corrected chi connectivity index (χ4v) is 6.23. The Morgan fingerprint density at radius 2 is 1.61 bits per heavy atom. The zero-order valence-corrected chi connectivity index (χ0v) is 21.4. The van der Waals surface area contributed by atoms with E-state index in [4.69, 9.17) is 27.9 Å². The number of phenolic OH excluding ortho intramolecular Hbond substituents is 1. The number of halogens is 4.